The maximum atomic E-state index is 13.4. The van der Waals surface area contributed by atoms with Crippen molar-refractivity contribution in [1.29, 1.82) is 0 Å². The molecule has 0 radical (unpaired) electrons. The Labute approximate surface area is 104 Å². The molecule has 1 aromatic carbocycles. The third-order valence-corrected chi connectivity index (χ3v) is 2.29. The van der Waals surface area contributed by atoms with Gasteiger partial charge in [-0.05, 0) is 6.07 Å². The lowest BCUT2D eigenvalue weighted by Gasteiger charge is -2.01. The molecule has 0 unspecified atom stereocenters. The molecule has 9 heteroatoms. The molecule has 98 valence electrons. The molecule has 0 aliphatic rings. The van der Waals surface area contributed by atoms with Crippen LogP contribution in [0, 0.1) is 15.9 Å². The Morgan fingerprint density at radius 1 is 1.47 bits per heavy atom. The predicted octanol–water partition coefficient (Wildman–Crippen LogP) is 1.32. The van der Waals surface area contributed by atoms with Gasteiger partial charge in [-0.15, -0.1) is 0 Å². The summed E-state index contributed by atoms with van der Waals surface area (Å²) in [7, 11) is 0. The van der Waals surface area contributed by atoms with Crippen LogP contribution in [0.4, 0.5) is 10.1 Å². The van der Waals surface area contributed by atoms with Gasteiger partial charge in [0.1, 0.15) is 0 Å². The molecule has 19 heavy (non-hydrogen) atoms. The average molecular weight is 267 g/mol. The zero-order chi connectivity index (χ0) is 14.2. The van der Waals surface area contributed by atoms with Crippen molar-refractivity contribution < 1.29 is 24.3 Å². The normalized spacial score (nSPS) is 10.4. The number of aromatic hydroxyl groups is 1. The summed E-state index contributed by atoms with van der Waals surface area (Å²) in [5.41, 5.74) is -1.26. The van der Waals surface area contributed by atoms with Crippen molar-refractivity contribution in [1.82, 2.24) is 9.78 Å². The molecule has 0 bridgehead atoms. The van der Waals surface area contributed by atoms with Crippen LogP contribution in [0.15, 0.2) is 24.4 Å². The first-order valence-electron chi connectivity index (χ1n) is 4.86. The quantitative estimate of drug-likeness (QED) is 0.639. The molecule has 1 aromatic heterocycles. The molecule has 0 saturated heterocycles. The van der Waals surface area contributed by atoms with Crippen LogP contribution in [-0.4, -0.2) is 30.9 Å². The standard InChI is InChI=1S/C10H6FN3O5/c11-6-3-5(1-2-7(6)14(18)19)13-4-8(15)9(12-13)10(16)17/h1-4,15H,(H,16,17). The maximum Gasteiger partial charge on any atom is 0.360 e. The summed E-state index contributed by atoms with van der Waals surface area (Å²) < 4.78 is 14.3. The first-order valence-corrected chi connectivity index (χ1v) is 4.86. The summed E-state index contributed by atoms with van der Waals surface area (Å²) in [6.45, 7) is 0. The molecular weight excluding hydrogens is 261 g/mol. The highest BCUT2D eigenvalue weighted by Gasteiger charge is 2.18. The third-order valence-electron chi connectivity index (χ3n) is 2.29. The van der Waals surface area contributed by atoms with Crippen LogP contribution >= 0.6 is 0 Å². The zero-order valence-corrected chi connectivity index (χ0v) is 9.15. The van der Waals surface area contributed by atoms with Crippen LogP contribution in [0.5, 0.6) is 5.75 Å². The second kappa shape index (κ2) is 4.37. The largest absolute Gasteiger partial charge is 0.504 e. The number of nitrogens with zero attached hydrogens (tertiary/aromatic N) is 3. The number of nitro groups is 1. The van der Waals surface area contributed by atoms with Gasteiger partial charge in [-0.25, -0.2) is 9.48 Å². The second-order valence-corrected chi connectivity index (χ2v) is 3.51. The van der Waals surface area contributed by atoms with Gasteiger partial charge >= 0.3 is 11.7 Å². The van der Waals surface area contributed by atoms with Crippen molar-refractivity contribution in [3.05, 3.63) is 46.0 Å². The first kappa shape index (κ1) is 12.5. The number of carboxylic acid groups (broad SMARTS) is 1. The molecule has 2 rings (SSSR count). The van der Waals surface area contributed by atoms with Crippen LogP contribution < -0.4 is 0 Å². The SMILES string of the molecule is O=C(O)c1nn(-c2ccc([N+](=O)[O-])c(F)c2)cc1O. The van der Waals surface area contributed by atoms with Gasteiger partial charge in [0.25, 0.3) is 0 Å². The average Bonchev–Trinajstić information content (AvgIpc) is 2.70. The molecule has 0 spiro atoms. The Balaban J connectivity index is 2.48. The van der Waals surface area contributed by atoms with Gasteiger partial charge in [0, 0.05) is 12.1 Å². The molecule has 0 aliphatic heterocycles. The van der Waals surface area contributed by atoms with Crippen molar-refractivity contribution in [3.63, 3.8) is 0 Å². The third kappa shape index (κ3) is 2.20. The molecule has 0 saturated carbocycles. The van der Waals surface area contributed by atoms with Crippen molar-refractivity contribution in [2.75, 3.05) is 0 Å². The minimum Gasteiger partial charge on any atom is -0.504 e. The number of nitro benzene ring substituents is 1. The van der Waals surface area contributed by atoms with E-state index in [0.29, 0.717) is 0 Å². The van der Waals surface area contributed by atoms with Gasteiger partial charge in [-0.2, -0.15) is 9.49 Å². The van der Waals surface area contributed by atoms with Gasteiger partial charge in [0.05, 0.1) is 16.8 Å². The molecule has 0 fully saturated rings. The summed E-state index contributed by atoms with van der Waals surface area (Å²) in [6, 6.07) is 2.92. The maximum absolute atomic E-state index is 13.4. The molecule has 2 N–H and O–H groups in total. The number of hydrogen-bond donors (Lipinski definition) is 2. The highest BCUT2D eigenvalue weighted by Crippen LogP contribution is 2.22. The molecular formula is C10H6FN3O5. The zero-order valence-electron chi connectivity index (χ0n) is 9.15. The number of carbonyl (C=O) groups is 1. The Morgan fingerprint density at radius 3 is 2.63 bits per heavy atom. The highest BCUT2D eigenvalue weighted by atomic mass is 19.1. The highest BCUT2D eigenvalue weighted by molar-refractivity contribution is 5.88. The summed E-state index contributed by atoms with van der Waals surface area (Å²) in [5.74, 6) is -3.13. The van der Waals surface area contributed by atoms with E-state index in [0.717, 1.165) is 23.0 Å². The Morgan fingerprint density at radius 2 is 2.16 bits per heavy atom. The van der Waals surface area contributed by atoms with Crippen molar-refractivity contribution in [2.45, 2.75) is 0 Å². The van der Waals surface area contributed by atoms with Crippen LogP contribution in [0.3, 0.4) is 0 Å². The van der Waals surface area contributed by atoms with Gasteiger partial charge in [0.15, 0.2) is 5.75 Å². The second-order valence-electron chi connectivity index (χ2n) is 3.51. The Bertz CT molecular complexity index is 682. The van der Waals surface area contributed by atoms with E-state index in [-0.39, 0.29) is 5.69 Å². The van der Waals surface area contributed by atoms with Gasteiger partial charge in [-0.1, -0.05) is 0 Å². The molecule has 0 atom stereocenters. The van der Waals surface area contributed by atoms with E-state index in [1.807, 2.05) is 0 Å². The fraction of sp³-hybridized carbons (Fsp3) is 0. The van der Waals surface area contributed by atoms with E-state index in [1.54, 1.807) is 0 Å². The Hall–Kier alpha value is -2.97. The predicted molar refractivity (Wildman–Crippen MR) is 58.8 cm³/mol. The topological polar surface area (TPSA) is 118 Å². The van der Waals surface area contributed by atoms with E-state index in [2.05, 4.69) is 5.10 Å². The molecule has 0 aliphatic carbocycles. The number of carboxylic acids is 1. The van der Waals surface area contributed by atoms with Crippen LogP contribution in [0.2, 0.25) is 0 Å². The van der Waals surface area contributed by atoms with Crippen molar-refractivity contribution in [3.8, 4) is 11.4 Å². The minimum atomic E-state index is -1.45. The fourth-order valence-corrected chi connectivity index (χ4v) is 1.44. The molecule has 2 aromatic rings. The van der Waals surface area contributed by atoms with Crippen LogP contribution in [0.1, 0.15) is 10.5 Å². The molecule has 0 amide bonds. The van der Waals surface area contributed by atoms with E-state index < -0.39 is 33.8 Å². The van der Waals surface area contributed by atoms with Crippen LogP contribution in [-0.2, 0) is 0 Å². The lowest BCUT2D eigenvalue weighted by molar-refractivity contribution is -0.387. The fourth-order valence-electron chi connectivity index (χ4n) is 1.44. The first-order chi connectivity index (χ1) is 8.90. The van der Waals surface area contributed by atoms with Gasteiger partial charge in [-0.3, -0.25) is 10.1 Å². The monoisotopic (exact) mass is 267 g/mol. The summed E-state index contributed by atoms with van der Waals surface area (Å²) in [4.78, 5) is 20.2. The van der Waals surface area contributed by atoms with E-state index in [1.165, 1.54) is 6.07 Å². The number of hydrogen-bond acceptors (Lipinski definition) is 5. The van der Waals surface area contributed by atoms with Crippen LogP contribution in [0.25, 0.3) is 5.69 Å². The number of halogens is 1. The lowest BCUT2D eigenvalue weighted by atomic mass is 10.2. The minimum absolute atomic E-state index is 0.0471. The lowest BCUT2D eigenvalue weighted by Crippen LogP contribution is -2.02. The Kier molecular flexibility index (Phi) is 2.87. The summed E-state index contributed by atoms with van der Waals surface area (Å²) >= 11 is 0. The molecule has 8 nitrogen and oxygen atoms in total. The molecule has 1 heterocycles. The summed E-state index contributed by atoms with van der Waals surface area (Å²) in [6.07, 6.45) is 0.962. The number of rotatable bonds is 3. The number of aromatic nitrogens is 2. The number of aromatic carboxylic acids is 1. The smallest absolute Gasteiger partial charge is 0.360 e. The van der Waals surface area contributed by atoms with Gasteiger partial charge < -0.3 is 10.2 Å². The van der Waals surface area contributed by atoms with Crippen molar-refractivity contribution in [2.24, 2.45) is 0 Å². The van der Waals surface area contributed by atoms with E-state index in [9.17, 15) is 24.4 Å². The number of benzene rings is 1. The van der Waals surface area contributed by atoms with Crippen molar-refractivity contribution >= 4 is 11.7 Å². The van der Waals surface area contributed by atoms with E-state index >= 15 is 0 Å². The van der Waals surface area contributed by atoms with Gasteiger partial charge in [0.2, 0.25) is 11.5 Å². The van der Waals surface area contributed by atoms with E-state index in [4.69, 9.17) is 5.11 Å². The summed E-state index contributed by atoms with van der Waals surface area (Å²) in [5, 5.41) is 32.0.